The smallest absolute Gasteiger partial charge is 0.412 e. The van der Waals surface area contributed by atoms with Gasteiger partial charge in [0.15, 0.2) is 17.6 Å². The predicted octanol–water partition coefficient (Wildman–Crippen LogP) is 6.42. The third-order valence-electron chi connectivity index (χ3n) is 5.68. The Morgan fingerprint density at radius 1 is 1.08 bits per heavy atom. The molecule has 0 spiro atoms. The summed E-state index contributed by atoms with van der Waals surface area (Å²) in [6.07, 6.45) is 1.90. The van der Waals surface area contributed by atoms with E-state index in [9.17, 15) is 14.7 Å². The zero-order valence-corrected chi connectivity index (χ0v) is 23.3. The number of nitrogens with two attached hydrogens (primary N) is 1. The highest BCUT2D eigenvalue weighted by Crippen LogP contribution is 2.34. The van der Waals surface area contributed by atoms with Gasteiger partial charge in [0.05, 0.1) is 24.6 Å². The Labute approximate surface area is 236 Å². The molecule has 0 aromatic heterocycles. The highest BCUT2D eigenvalue weighted by Gasteiger charge is 2.28. The van der Waals surface area contributed by atoms with E-state index in [1.807, 2.05) is 6.92 Å². The molecule has 0 bridgehead atoms. The fourth-order valence-electron chi connectivity index (χ4n) is 3.81. The zero-order chi connectivity index (χ0) is 28.2. The van der Waals surface area contributed by atoms with E-state index in [2.05, 4.69) is 26.6 Å². The SMILES string of the molecule is CCO[C@@H](CC/C=C/C(=O)Nc1ccccc1N)[C@@H](OC(=O)Nc1ccc(Br)cc1)c1ccc(OC)c(O)c1. The van der Waals surface area contributed by atoms with E-state index in [-0.39, 0.29) is 17.4 Å². The largest absolute Gasteiger partial charge is 0.504 e. The summed E-state index contributed by atoms with van der Waals surface area (Å²) in [5, 5.41) is 15.8. The lowest BCUT2D eigenvalue weighted by molar-refractivity contribution is -0.111. The monoisotopic (exact) mass is 597 g/mol. The molecule has 0 radical (unpaired) electrons. The average Bonchev–Trinajstić information content (AvgIpc) is 2.92. The molecule has 206 valence electrons. The van der Waals surface area contributed by atoms with Crippen LogP contribution in [0, 0.1) is 0 Å². The number of methoxy groups -OCH3 is 1. The molecule has 0 aliphatic heterocycles. The maximum atomic E-state index is 12.9. The van der Waals surface area contributed by atoms with Gasteiger partial charge in [-0.25, -0.2) is 4.79 Å². The molecule has 3 aromatic carbocycles. The lowest BCUT2D eigenvalue weighted by Gasteiger charge is -2.27. The second kappa shape index (κ2) is 14.8. The number of phenols is 1. The number of carbonyl (C=O) groups is 2. The molecule has 0 unspecified atom stereocenters. The first-order valence-corrected chi connectivity index (χ1v) is 13.1. The van der Waals surface area contributed by atoms with Gasteiger partial charge >= 0.3 is 6.09 Å². The first-order valence-electron chi connectivity index (χ1n) is 12.3. The van der Waals surface area contributed by atoms with Gasteiger partial charge in [0.2, 0.25) is 5.91 Å². The van der Waals surface area contributed by atoms with Crippen molar-refractivity contribution in [2.75, 3.05) is 30.1 Å². The molecular formula is C29H32BrN3O6. The predicted molar refractivity (Wildman–Crippen MR) is 155 cm³/mol. The number of nitrogens with one attached hydrogen (secondary N) is 2. The van der Waals surface area contributed by atoms with E-state index >= 15 is 0 Å². The van der Waals surface area contributed by atoms with Crippen LogP contribution in [0.25, 0.3) is 0 Å². The molecule has 5 N–H and O–H groups in total. The van der Waals surface area contributed by atoms with Crippen molar-refractivity contribution in [3.63, 3.8) is 0 Å². The van der Waals surface area contributed by atoms with E-state index in [1.165, 1.54) is 19.3 Å². The summed E-state index contributed by atoms with van der Waals surface area (Å²) in [4.78, 5) is 25.2. The molecule has 0 saturated carbocycles. The number of amides is 2. The van der Waals surface area contributed by atoms with Crippen LogP contribution in [0.3, 0.4) is 0 Å². The maximum Gasteiger partial charge on any atom is 0.412 e. The number of hydrogen-bond donors (Lipinski definition) is 4. The Balaban J connectivity index is 1.73. The first-order chi connectivity index (χ1) is 18.8. The van der Waals surface area contributed by atoms with Gasteiger partial charge < -0.3 is 30.4 Å². The quantitative estimate of drug-likeness (QED) is 0.140. The van der Waals surface area contributed by atoms with Gasteiger partial charge in [-0.05, 0) is 79.9 Å². The van der Waals surface area contributed by atoms with Crippen LogP contribution < -0.4 is 21.1 Å². The molecule has 0 aliphatic carbocycles. The minimum atomic E-state index is -0.858. The summed E-state index contributed by atoms with van der Waals surface area (Å²) >= 11 is 3.37. The molecule has 0 fully saturated rings. The lowest BCUT2D eigenvalue weighted by Crippen LogP contribution is -2.29. The number of hydrogen-bond acceptors (Lipinski definition) is 7. The molecule has 0 heterocycles. The van der Waals surface area contributed by atoms with Crippen molar-refractivity contribution in [1.29, 1.82) is 0 Å². The summed E-state index contributed by atoms with van der Waals surface area (Å²) < 4.78 is 17.8. The molecule has 9 nitrogen and oxygen atoms in total. The van der Waals surface area contributed by atoms with Crippen molar-refractivity contribution in [1.82, 2.24) is 0 Å². The average molecular weight is 598 g/mol. The standard InChI is InChI=1S/C29H32BrN3O6/c1-3-38-26(10-6-7-11-27(35)33-23-9-5-4-8-22(23)31)28(19-12-17-25(37-2)24(34)18-19)39-29(36)32-21-15-13-20(30)14-16-21/h4-5,7-9,11-18,26,28,34H,3,6,10,31H2,1-2H3,(H,32,36)(H,33,35)/b11-7+/t26-,28-/m0/s1. The van der Waals surface area contributed by atoms with E-state index in [0.717, 1.165) is 4.47 Å². The number of rotatable bonds is 12. The van der Waals surface area contributed by atoms with E-state index < -0.39 is 18.3 Å². The number of benzene rings is 3. The normalized spacial score (nSPS) is 12.5. The summed E-state index contributed by atoms with van der Waals surface area (Å²) in [7, 11) is 1.45. The summed E-state index contributed by atoms with van der Waals surface area (Å²) in [5.41, 5.74) is 7.97. The van der Waals surface area contributed by atoms with Gasteiger partial charge in [-0.2, -0.15) is 0 Å². The third kappa shape index (κ3) is 9.05. The van der Waals surface area contributed by atoms with Gasteiger partial charge in [0.25, 0.3) is 0 Å². The Bertz CT molecular complexity index is 1280. The van der Waals surface area contributed by atoms with Gasteiger partial charge in [-0.1, -0.05) is 40.2 Å². The van der Waals surface area contributed by atoms with Gasteiger partial charge in [-0.15, -0.1) is 0 Å². The van der Waals surface area contributed by atoms with Crippen molar-refractivity contribution >= 4 is 45.0 Å². The van der Waals surface area contributed by atoms with Gasteiger partial charge in [-0.3, -0.25) is 10.1 Å². The minimum Gasteiger partial charge on any atom is -0.504 e. The van der Waals surface area contributed by atoms with Crippen LogP contribution in [-0.4, -0.2) is 36.9 Å². The molecule has 3 rings (SSSR count). The molecule has 3 aromatic rings. The Morgan fingerprint density at radius 3 is 2.49 bits per heavy atom. The third-order valence-corrected chi connectivity index (χ3v) is 6.21. The van der Waals surface area contributed by atoms with Crippen LogP contribution in [0.4, 0.5) is 21.9 Å². The maximum absolute atomic E-state index is 12.9. The number of aromatic hydroxyl groups is 1. The molecule has 0 aliphatic rings. The number of phenolic OH excluding ortho intramolecular Hbond substituents is 1. The van der Waals surface area contributed by atoms with Crippen LogP contribution in [0.1, 0.15) is 31.4 Å². The van der Waals surface area contributed by atoms with Gasteiger partial charge in [0.1, 0.15) is 0 Å². The zero-order valence-electron chi connectivity index (χ0n) is 21.7. The van der Waals surface area contributed by atoms with Crippen LogP contribution >= 0.6 is 15.9 Å². The van der Waals surface area contributed by atoms with Crippen molar-refractivity contribution in [2.45, 2.75) is 32.0 Å². The summed E-state index contributed by atoms with van der Waals surface area (Å²) in [6.45, 7) is 2.20. The number of nitrogen functional groups attached to an aromatic ring is 1. The fraction of sp³-hybridized carbons (Fsp3) is 0.241. The highest BCUT2D eigenvalue weighted by atomic mass is 79.9. The van der Waals surface area contributed by atoms with E-state index in [1.54, 1.807) is 66.7 Å². The van der Waals surface area contributed by atoms with Crippen molar-refractivity contribution in [3.8, 4) is 11.5 Å². The van der Waals surface area contributed by atoms with Crippen LogP contribution in [0.2, 0.25) is 0 Å². The molecule has 2 atom stereocenters. The minimum absolute atomic E-state index is 0.0936. The van der Waals surface area contributed by atoms with E-state index in [0.29, 0.717) is 42.1 Å². The van der Waals surface area contributed by atoms with Crippen molar-refractivity contribution in [3.05, 3.63) is 88.9 Å². The van der Waals surface area contributed by atoms with Crippen LogP contribution in [0.5, 0.6) is 11.5 Å². The van der Waals surface area contributed by atoms with Crippen molar-refractivity contribution < 1.29 is 28.9 Å². The topological polar surface area (TPSA) is 132 Å². The Hall–Kier alpha value is -4.02. The summed E-state index contributed by atoms with van der Waals surface area (Å²) in [5.74, 6) is -0.121. The van der Waals surface area contributed by atoms with Crippen LogP contribution in [0.15, 0.2) is 83.4 Å². The molecule has 39 heavy (non-hydrogen) atoms. The second-order valence-corrected chi connectivity index (χ2v) is 9.35. The number of carbonyl (C=O) groups excluding carboxylic acids is 2. The number of ether oxygens (including phenoxy) is 3. The molecule has 2 amide bonds. The number of para-hydroxylation sites is 2. The second-order valence-electron chi connectivity index (χ2n) is 8.44. The molecule has 0 saturated heterocycles. The van der Waals surface area contributed by atoms with Crippen molar-refractivity contribution in [2.24, 2.45) is 0 Å². The molecule has 10 heteroatoms. The van der Waals surface area contributed by atoms with Gasteiger partial charge in [0, 0.05) is 16.8 Å². The molecular weight excluding hydrogens is 566 g/mol. The number of halogens is 1. The van der Waals surface area contributed by atoms with E-state index in [4.69, 9.17) is 19.9 Å². The van der Waals surface area contributed by atoms with Crippen LogP contribution in [-0.2, 0) is 14.3 Å². The summed E-state index contributed by atoms with van der Waals surface area (Å²) in [6, 6.07) is 18.8. The Kier molecular flexibility index (Phi) is 11.2. The number of allylic oxidation sites excluding steroid dienone is 1. The number of anilines is 3. The first kappa shape index (κ1) is 29.5. The Morgan fingerprint density at radius 2 is 1.82 bits per heavy atom. The highest BCUT2D eigenvalue weighted by molar-refractivity contribution is 9.10. The fourth-order valence-corrected chi connectivity index (χ4v) is 4.08. The lowest BCUT2D eigenvalue weighted by atomic mass is 9.99.